The maximum Gasteiger partial charge on any atom is 0.248 e. The Balaban J connectivity index is 1.61. The number of allylic oxidation sites excluding steroid dienone is 1. The van der Waals surface area contributed by atoms with Crippen molar-refractivity contribution in [3.63, 3.8) is 0 Å². The molecule has 1 aliphatic rings. The van der Waals surface area contributed by atoms with Crippen molar-refractivity contribution in [2.75, 3.05) is 0 Å². The molecule has 1 N–H and O–H groups in total. The van der Waals surface area contributed by atoms with Crippen molar-refractivity contribution < 1.29 is 0 Å². The third-order valence-corrected chi connectivity index (χ3v) is 6.01. The van der Waals surface area contributed by atoms with Crippen LogP contribution in [-0.2, 0) is 6.42 Å². The summed E-state index contributed by atoms with van der Waals surface area (Å²) < 4.78 is 0. The highest BCUT2D eigenvalue weighted by molar-refractivity contribution is 5.70. The monoisotopic (exact) mass is 381 g/mol. The summed E-state index contributed by atoms with van der Waals surface area (Å²) >= 11 is 0. The summed E-state index contributed by atoms with van der Waals surface area (Å²) in [5.41, 5.74) is 5.56. The Morgan fingerprint density at radius 3 is 2.72 bits per heavy atom. The first-order valence-corrected chi connectivity index (χ1v) is 9.92. The van der Waals surface area contributed by atoms with Crippen LogP contribution >= 0.6 is 0 Å². The largest absolute Gasteiger partial charge is 0.326 e. The zero-order chi connectivity index (χ0) is 20.4. The van der Waals surface area contributed by atoms with Gasteiger partial charge in [-0.25, -0.2) is 0 Å². The van der Waals surface area contributed by atoms with Crippen LogP contribution in [0.15, 0.2) is 65.6 Å². The highest BCUT2D eigenvalue weighted by atomic mass is 16.1. The molecule has 0 spiro atoms. The molecule has 4 nitrogen and oxygen atoms in total. The van der Waals surface area contributed by atoms with E-state index in [1.54, 1.807) is 6.07 Å². The highest BCUT2D eigenvalue weighted by Gasteiger charge is 2.30. The van der Waals surface area contributed by atoms with E-state index in [0.29, 0.717) is 17.4 Å². The minimum atomic E-state index is -0.0388. The Morgan fingerprint density at radius 2 is 1.97 bits per heavy atom. The van der Waals surface area contributed by atoms with Crippen LogP contribution in [-0.4, -0.2) is 9.97 Å². The maximum absolute atomic E-state index is 11.7. The fourth-order valence-electron chi connectivity index (χ4n) is 4.13. The van der Waals surface area contributed by atoms with Gasteiger partial charge in [-0.1, -0.05) is 50.3 Å². The summed E-state index contributed by atoms with van der Waals surface area (Å²) in [6.45, 7) is 4.50. The fraction of sp³-hybridized carbons (Fsp3) is 0.240. The van der Waals surface area contributed by atoms with Crippen LogP contribution in [0.2, 0.25) is 0 Å². The number of nitrogens with zero attached hydrogens (tertiary/aromatic N) is 2. The van der Waals surface area contributed by atoms with Crippen LogP contribution in [0, 0.1) is 23.2 Å². The molecule has 0 fully saturated rings. The van der Waals surface area contributed by atoms with Gasteiger partial charge in [0, 0.05) is 35.0 Å². The fourth-order valence-corrected chi connectivity index (χ4v) is 4.13. The zero-order valence-electron chi connectivity index (χ0n) is 16.6. The first-order valence-electron chi connectivity index (χ1n) is 9.92. The quantitative estimate of drug-likeness (QED) is 0.699. The molecular weight excluding hydrogens is 358 g/mol. The van der Waals surface area contributed by atoms with E-state index in [1.807, 2.05) is 54.7 Å². The molecule has 1 aromatic carbocycles. The van der Waals surface area contributed by atoms with Crippen LogP contribution in [0.3, 0.4) is 0 Å². The number of fused-ring (bicyclic) bond motifs is 1. The average molecular weight is 381 g/mol. The molecular formula is C25H23N3O. The number of nitrogens with one attached hydrogen (secondary N) is 1. The number of rotatable bonds is 3. The lowest BCUT2D eigenvalue weighted by atomic mass is 9.72. The lowest BCUT2D eigenvalue weighted by Gasteiger charge is -2.34. The van der Waals surface area contributed by atoms with Gasteiger partial charge in [0.25, 0.3) is 0 Å². The summed E-state index contributed by atoms with van der Waals surface area (Å²) in [5.74, 6) is 1.21. The van der Waals surface area contributed by atoms with Crippen molar-refractivity contribution in [3.05, 3.63) is 93.7 Å². The maximum atomic E-state index is 11.7. The zero-order valence-corrected chi connectivity index (χ0v) is 16.6. The van der Waals surface area contributed by atoms with Gasteiger partial charge >= 0.3 is 0 Å². The van der Waals surface area contributed by atoms with Crippen molar-refractivity contribution in [3.8, 4) is 17.2 Å². The van der Waals surface area contributed by atoms with Crippen molar-refractivity contribution in [2.45, 2.75) is 26.2 Å². The van der Waals surface area contributed by atoms with Crippen LogP contribution in [0.5, 0.6) is 0 Å². The Hall–Kier alpha value is -3.45. The van der Waals surface area contributed by atoms with Crippen LogP contribution in [0.4, 0.5) is 0 Å². The summed E-state index contributed by atoms with van der Waals surface area (Å²) in [5, 5.41) is 9.30. The van der Waals surface area contributed by atoms with E-state index >= 15 is 0 Å². The highest BCUT2D eigenvalue weighted by Crippen LogP contribution is 2.39. The van der Waals surface area contributed by atoms with E-state index in [0.717, 1.165) is 28.9 Å². The van der Waals surface area contributed by atoms with E-state index in [2.05, 4.69) is 36.0 Å². The molecule has 2 aromatic heterocycles. The third kappa shape index (κ3) is 3.77. The minimum Gasteiger partial charge on any atom is -0.326 e. The average Bonchev–Trinajstić information content (AvgIpc) is 2.74. The van der Waals surface area contributed by atoms with Gasteiger partial charge in [0.1, 0.15) is 0 Å². The molecule has 0 radical (unpaired) electrons. The van der Waals surface area contributed by atoms with Gasteiger partial charge in [0.2, 0.25) is 5.56 Å². The molecule has 0 amide bonds. The molecule has 0 unspecified atom stereocenters. The Labute approximate surface area is 170 Å². The van der Waals surface area contributed by atoms with Gasteiger partial charge in [-0.3, -0.25) is 9.78 Å². The lowest BCUT2D eigenvalue weighted by molar-refractivity contribution is 0.327. The summed E-state index contributed by atoms with van der Waals surface area (Å²) in [6.07, 6.45) is 6.97. The first kappa shape index (κ1) is 18.9. The number of aromatic nitrogens is 2. The summed E-state index contributed by atoms with van der Waals surface area (Å²) in [6, 6.07) is 17.3. The van der Waals surface area contributed by atoms with Crippen LogP contribution in [0.25, 0.3) is 17.2 Å². The number of hydrogen-bond donors (Lipinski definition) is 1. The van der Waals surface area contributed by atoms with Gasteiger partial charge in [-0.15, -0.1) is 0 Å². The molecule has 2 heterocycles. The minimum absolute atomic E-state index is 0.0388. The predicted molar refractivity (Wildman–Crippen MR) is 115 cm³/mol. The van der Waals surface area contributed by atoms with Gasteiger partial charge < -0.3 is 4.98 Å². The van der Waals surface area contributed by atoms with Crippen molar-refractivity contribution >= 4 is 6.08 Å². The smallest absolute Gasteiger partial charge is 0.248 e. The van der Waals surface area contributed by atoms with Crippen LogP contribution < -0.4 is 5.56 Å². The van der Waals surface area contributed by atoms with E-state index in [1.165, 1.54) is 5.56 Å². The van der Waals surface area contributed by atoms with Gasteiger partial charge in [0.05, 0.1) is 17.3 Å². The first-order chi connectivity index (χ1) is 14.1. The molecule has 144 valence electrons. The number of pyridine rings is 2. The number of H-pyrrole nitrogens is 1. The second-order valence-corrected chi connectivity index (χ2v) is 7.81. The number of benzene rings is 1. The summed E-state index contributed by atoms with van der Waals surface area (Å²) in [7, 11) is 0. The molecule has 0 bridgehead atoms. The molecule has 0 saturated heterocycles. The van der Waals surface area contributed by atoms with Crippen LogP contribution in [0.1, 0.15) is 42.3 Å². The van der Waals surface area contributed by atoms with E-state index in [-0.39, 0.29) is 11.5 Å². The van der Waals surface area contributed by atoms with E-state index < -0.39 is 0 Å². The topological polar surface area (TPSA) is 69.5 Å². The lowest BCUT2D eigenvalue weighted by Crippen LogP contribution is -2.27. The Bertz CT molecular complexity index is 1150. The standard InChI is InChI=1S/C25H23N3O/c1-16-13-24-23(11-12-25(29)28-24)21(17(16)2)10-9-20-8-7-19(15-27-20)22-6-4-3-5-18(22)14-26/h3-12,15-17,21H,13H2,1-2H3,(H,28,29)/t16-,17+,21-/m0/s1. The van der Waals surface area contributed by atoms with E-state index in [4.69, 9.17) is 0 Å². The SMILES string of the molecule is C[C@H]1[C@H](C=Cc2ccc(-c3ccccc3C#N)cn2)c2ccc(=O)[nH]c2C[C@@H]1C. The molecule has 0 aliphatic heterocycles. The third-order valence-electron chi connectivity index (χ3n) is 6.01. The van der Waals surface area contributed by atoms with Crippen molar-refractivity contribution in [1.29, 1.82) is 5.26 Å². The van der Waals surface area contributed by atoms with Gasteiger partial charge in [0.15, 0.2) is 0 Å². The normalized spacial score (nSPS) is 20.9. The molecule has 3 aromatic rings. The number of hydrogen-bond acceptors (Lipinski definition) is 3. The predicted octanol–water partition coefficient (Wildman–Crippen LogP) is 4.93. The van der Waals surface area contributed by atoms with Gasteiger partial charge in [-0.05, 0) is 42.0 Å². The molecule has 1 aliphatic carbocycles. The summed E-state index contributed by atoms with van der Waals surface area (Å²) in [4.78, 5) is 19.3. The Kier molecular flexibility index (Phi) is 5.14. The van der Waals surface area contributed by atoms with Gasteiger partial charge in [-0.2, -0.15) is 5.26 Å². The molecule has 4 rings (SSSR count). The number of nitriles is 1. The molecule has 0 saturated carbocycles. The second kappa shape index (κ2) is 7.89. The Morgan fingerprint density at radius 1 is 1.14 bits per heavy atom. The van der Waals surface area contributed by atoms with Crippen molar-refractivity contribution in [1.82, 2.24) is 9.97 Å². The molecule has 29 heavy (non-hydrogen) atoms. The molecule has 4 heteroatoms. The number of aromatic amines is 1. The van der Waals surface area contributed by atoms with E-state index in [9.17, 15) is 10.1 Å². The van der Waals surface area contributed by atoms with Crippen molar-refractivity contribution in [2.24, 2.45) is 11.8 Å². The second-order valence-electron chi connectivity index (χ2n) is 7.81. The molecule has 3 atom stereocenters.